The molecule has 4 aliphatic rings. The van der Waals surface area contributed by atoms with Crippen LogP contribution in [0.3, 0.4) is 0 Å². The fourth-order valence-electron chi connectivity index (χ4n) is 9.99. The average molecular weight is 851 g/mol. The van der Waals surface area contributed by atoms with Crippen LogP contribution in [-0.2, 0) is 49.2 Å². The van der Waals surface area contributed by atoms with Crippen molar-refractivity contribution >= 4 is 12.0 Å². The predicted octanol–water partition coefficient (Wildman–Crippen LogP) is 4.20. The van der Waals surface area contributed by atoms with Crippen LogP contribution < -0.4 is 0 Å². The molecule has 0 unspecified atom stereocenters. The zero-order valence-electron chi connectivity index (χ0n) is 38.0. The van der Waals surface area contributed by atoms with Crippen LogP contribution in [-0.4, -0.2) is 149 Å². The van der Waals surface area contributed by atoms with Gasteiger partial charge in [0, 0.05) is 39.5 Å². The largest absolute Gasteiger partial charge is 0.459 e. The molecule has 342 valence electrons. The zero-order chi connectivity index (χ0) is 44.5. The molecule has 4 N–H and O–H groups in total. The molecule has 0 bridgehead atoms. The molecule has 1 aromatic rings. The first-order valence-electron chi connectivity index (χ1n) is 21.8. The minimum atomic E-state index is -1.91. The summed E-state index contributed by atoms with van der Waals surface area (Å²) in [6, 6.07) is 10.3. The van der Waals surface area contributed by atoms with Crippen LogP contribution >= 0.6 is 0 Å². The molecule has 0 aromatic heterocycles. The van der Waals surface area contributed by atoms with Gasteiger partial charge in [0.05, 0.1) is 66.3 Å². The standard InChI is InChI=1S/C45H74N2O13/c1-14-32-45(10,52)37(49)26(4)34(48)24(2)21-44(9,54-13)39(27(5)35(28(6)40(51)57-32)58-33-22-43(8,53-12)38(50)29(7)56-33)60-41-36-31(20-25(3)55-41)47(11)42(59-36)46-23-30-18-16-15-17-19-30/h15-19,24-29,31-39,41,48-50,52H,14,20-23H2,1-13H3/t24-,25-,26+,27+,28-,29+,31+,32-,33+,34+,35+,36-,37-,38+,39-,41+,43-,44-,45-/m1/s1. The number of aliphatic imine (C=N–C) groups is 1. The number of amidine groups is 1. The summed E-state index contributed by atoms with van der Waals surface area (Å²) in [7, 11) is 5.06. The number of fused-ring (bicyclic) bond motifs is 1. The number of carbonyl (C=O) groups excluding carboxylic acids is 1. The third-order valence-corrected chi connectivity index (χ3v) is 14.1. The number of aliphatic hydroxyl groups is 4. The highest BCUT2D eigenvalue weighted by molar-refractivity contribution is 5.76. The molecule has 4 fully saturated rings. The van der Waals surface area contributed by atoms with Crippen LogP contribution in [0.5, 0.6) is 0 Å². The van der Waals surface area contributed by atoms with Crippen LogP contribution in [0.1, 0.15) is 100 Å². The molecule has 4 saturated heterocycles. The lowest BCUT2D eigenvalue weighted by Gasteiger charge is -2.49. The van der Waals surface area contributed by atoms with E-state index in [2.05, 4.69) is 0 Å². The maximum atomic E-state index is 14.4. The van der Waals surface area contributed by atoms with Crippen molar-refractivity contribution in [2.24, 2.45) is 28.7 Å². The van der Waals surface area contributed by atoms with Crippen molar-refractivity contribution in [3.8, 4) is 0 Å². The summed E-state index contributed by atoms with van der Waals surface area (Å²) in [6.07, 6.45) is -8.62. The number of hydrogen-bond donors (Lipinski definition) is 4. The van der Waals surface area contributed by atoms with Gasteiger partial charge in [-0.25, -0.2) is 4.99 Å². The normalized spacial score (nSPS) is 46.6. The minimum absolute atomic E-state index is 0.131. The molecule has 19 atom stereocenters. The summed E-state index contributed by atoms with van der Waals surface area (Å²) in [5, 5.41) is 46.3. The van der Waals surface area contributed by atoms with E-state index in [-0.39, 0.29) is 31.4 Å². The van der Waals surface area contributed by atoms with Gasteiger partial charge in [0.15, 0.2) is 18.7 Å². The summed E-state index contributed by atoms with van der Waals surface area (Å²) in [4.78, 5) is 21.3. The van der Waals surface area contributed by atoms with Gasteiger partial charge < -0.3 is 63.2 Å². The summed E-state index contributed by atoms with van der Waals surface area (Å²) in [5.41, 5.74) is -3.07. The highest BCUT2D eigenvalue weighted by atomic mass is 16.7. The van der Waals surface area contributed by atoms with Crippen molar-refractivity contribution < 1.29 is 63.1 Å². The van der Waals surface area contributed by atoms with Gasteiger partial charge in [-0.2, -0.15) is 0 Å². The molecule has 15 heteroatoms. The summed E-state index contributed by atoms with van der Waals surface area (Å²) in [6.45, 7) is 18.2. The van der Waals surface area contributed by atoms with Gasteiger partial charge in [0.1, 0.15) is 17.8 Å². The van der Waals surface area contributed by atoms with Gasteiger partial charge in [-0.1, -0.05) is 58.0 Å². The van der Waals surface area contributed by atoms with E-state index in [0.29, 0.717) is 19.0 Å². The summed E-state index contributed by atoms with van der Waals surface area (Å²) < 4.78 is 51.8. The number of cyclic esters (lactones) is 1. The quantitative estimate of drug-likeness (QED) is 0.259. The van der Waals surface area contributed by atoms with E-state index in [4.69, 9.17) is 42.9 Å². The number of carbonyl (C=O) groups is 1. The lowest BCUT2D eigenvalue weighted by molar-refractivity contribution is -0.315. The first-order valence-corrected chi connectivity index (χ1v) is 21.8. The van der Waals surface area contributed by atoms with Gasteiger partial charge >= 0.3 is 5.97 Å². The predicted molar refractivity (Wildman–Crippen MR) is 223 cm³/mol. The Kier molecular flexibility index (Phi) is 15.8. The molecule has 1 aromatic carbocycles. The van der Waals surface area contributed by atoms with Crippen LogP contribution in [0.2, 0.25) is 0 Å². The first kappa shape index (κ1) is 48.6. The number of aliphatic hydroxyl groups excluding tert-OH is 3. The fraction of sp³-hybridized carbons (Fsp3) is 0.822. The highest BCUT2D eigenvalue weighted by Gasteiger charge is 2.56. The first-order chi connectivity index (χ1) is 28.1. The molecule has 60 heavy (non-hydrogen) atoms. The van der Waals surface area contributed by atoms with E-state index in [0.717, 1.165) is 5.56 Å². The van der Waals surface area contributed by atoms with Crippen molar-refractivity contribution in [3.63, 3.8) is 0 Å². The van der Waals surface area contributed by atoms with Crippen molar-refractivity contribution in [3.05, 3.63) is 35.9 Å². The van der Waals surface area contributed by atoms with Crippen LogP contribution in [0.25, 0.3) is 0 Å². The van der Waals surface area contributed by atoms with Crippen LogP contribution in [0, 0.1) is 23.7 Å². The average Bonchev–Trinajstić information content (AvgIpc) is 3.54. The minimum Gasteiger partial charge on any atom is -0.459 e. The van der Waals surface area contributed by atoms with Gasteiger partial charge in [0.25, 0.3) is 6.02 Å². The molecule has 4 aliphatic heterocycles. The van der Waals surface area contributed by atoms with Crippen molar-refractivity contribution in [2.75, 3.05) is 21.3 Å². The van der Waals surface area contributed by atoms with Gasteiger partial charge in [-0.3, -0.25) is 4.79 Å². The number of esters is 1. The lowest BCUT2D eigenvalue weighted by atomic mass is 9.73. The number of rotatable bonds is 9. The number of nitrogens with zero attached hydrogens (tertiary/aromatic N) is 2. The van der Waals surface area contributed by atoms with Crippen LogP contribution in [0.4, 0.5) is 0 Å². The third-order valence-electron chi connectivity index (χ3n) is 14.1. The number of methoxy groups -OCH3 is 2. The Labute approximate surface area is 357 Å². The number of likely N-dealkylation sites (N-methyl/N-ethyl adjacent to an activating group) is 1. The summed E-state index contributed by atoms with van der Waals surface area (Å²) in [5.74, 6) is -3.65. The molecular weight excluding hydrogens is 776 g/mol. The Morgan fingerprint density at radius 1 is 0.867 bits per heavy atom. The molecular formula is C45H74N2O13. The summed E-state index contributed by atoms with van der Waals surface area (Å²) >= 11 is 0. The monoisotopic (exact) mass is 851 g/mol. The van der Waals surface area contributed by atoms with Crippen molar-refractivity contribution in [1.29, 1.82) is 0 Å². The highest BCUT2D eigenvalue weighted by Crippen LogP contribution is 2.43. The molecule has 5 rings (SSSR count). The van der Waals surface area contributed by atoms with E-state index >= 15 is 0 Å². The Bertz CT molecular complexity index is 1580. The van der Waals surface area contributed by atoms with Crippen molar-refractivity contribution in [2.45, 2.75) is 192 Å². The van der Waals surface area contributed by atoms with E-state index in [1.54, 1.807) is 41.7 Å². The van der Waals surface area contributed by atoms with Gasteiger partial charge in [-0.05, 0) is 72.3 Å². The third kappa shape index (κ3) is 10.0. The Morgan fingerprint density at radius 2 is 1.52 bits per heavy atom. The number of hydrogen-bond acceptors (Lipinski definition) is 14. The topological polar surface area (TPSA) is 187 Å². The Morgan fingerprint density at radius 3 is 2.13 bits per heavy atom. The number of ether oxygens (including phenoxy) is 8. The van der Waals surface area contributed by atoms with E-state index < -0.39 is 108 Å². The Balaban J connectivity index is 1.59. The van der Waals surface area contributed by atoms with Crippen molar-refractivity contribution in [1.82, 2.24) is 4.90 Å². The lowest BCUT2D eigenvalue weighted by Crippen LogP contribution is -2.61. The molecule has 0 spiro atoms. The second-order valence-electron chi connectivity index (χ2n) is 18.7. The van der Waals surface area contributed by atoms with Gasteiger partial charge in [-0.15, -0.1) is 0 Å². The van der Waals surface area contributed by atoms with Gasteiger partial charge in [0.2, 0.25) is 0 Å². The smallest absolute Gasteiger partial charge is 0.311 e. The molecule has 0 saturated carbocycles. The molecule has 0 aliphatic carbocycles. The molecule has 0 amide bonds. The maximum Gasteiger partial charge on any atom is 0.311 e. The second-order valence-corrected chi connectivity index (χ2v) is 18.7. The van der Waals surface area contributed by atoms with Crippen LogP contribution in [0.15, 0.2) is 35.3 Å². The van der Waals surface area contributed by atoms with E-state index in [9.17, 15) is 25.2 Å². The fourth-order valence-corrected chi connectivity index (χ4v) is 9.99. The molecule has 4 heterocycles. The molecule has 0 radical (unpaired) electrons. The zero-order valence-corrected chi connectivity index (χ0v) is 38.0. The van der Waals surface area contributed by atoms with E-state index in [1.807, 2.05) is 70.0 Å². The SMILES string of the molecule is CC[C@H]1OC(=O)[C@H](C)[C@@H](O[C@H]2C[C@@](C)(OC)[C@@H](O)[C@H](C)O2)[C@H](C)[C@@H](O[C@@H]2O[C@H](C)C[C@H]3[C@H]2OC(=NCc2ccccc2)N3C)[C@](C)(OC)C[C@@H](C)[C@H](O)[C@H](C)[C@@H](O)[C@]1(C)O. The maximum absolute atomic E-state index is 14.4. The Hall–Kier alpha value is -2.44. The van der Waals surface area contributed by atoms with E-state index in [1.165, 1.54) is 14.0 Å². The molecule has 15 nitrogen and oxygen atoms in total. The number of benzene rings is 1. The second kappa shape index (κ2) is 19.5.